The highest BCUT2D eigenvalue weighted by Crippen LogP contribution is 2.28. The number of thiocarbonyl (C=S) groups is 1. The Morgan fingerprint density at radius 1 is 1.16 bits per heavy atom. The van der Waals surface area contributed by atoms with Gasteiger partial charge >= 0.3 is 6.18 Å². The number of nitro benzene ring substituents is 1. The summed E-state index contributed by atoms with van der Waals surface area (Å²) in [5.74, 6) is -0.624. The summed E-state index contributed by atoms with van der Waals surface area (Å²) < 4.78 is 37.3. The van der Waals surface area contributed by atoms with E-state index in [4.69, 9.17) is 12.2 Å². The van der Waals surface area contributed by atoms with E-state index in [2.05, 4.69) is 15.6 Å². The molecule has 130 valence electrons. The predicted octanol–water partition coefficient (Wildman–Crippen LogP) is 3.14. The Balaban J connectivity index is 1.97. The smallest absolute Gasteiger partial charge is 0.317 e. The molecule has 2 N–H and O–H groups in total. The van der Waals surface area contributed by atoms with Crippen molar-refractivity contribution in [3.05, 3.63) is 63.8 Å². The molecular formula is C14H9F3N4O3S. The number of halogens is 3. The van der Waals surface area contributed by atoms with E-state index in [1.807, 2.05) is 0 Å². The first-order valence-corrected chi connectivity index (χ1v) is 6.97. The van der Waals surface area contributed by atoms with Crippen LogP contribution in [0.3, 0.4) is 0 Å². The Kier molecular flexibility index (Phi) is 5.27. The van der Waals surface area contributed by atoms with Crippen molar-refractivity contribution in [2.24, 2.45) is 0 Å². The molecule has 0 radical (unpaired) electrons. The highest BCUT2D eigenvalue weighted by atomic mass is 32.1. The third-order valence-corrected chi connectivity index (χ3v) is 3.10. The molecule has 1 aromatic heterocycles. The molecule has 1 amide bonds. The second-order valence-corrected chi connectivity index (χ2v) is 5.05. The molecule has 0 atom stereocenters. The summed E-state index contributed by atoms with van der Waals surface area (Å²) >= 11 is 4.87. The van der Waals surface area contributed by atoms with Gasteiger partial charge in [-0.05, 0) is 36.5 Å². The number of rotatable bonds is 3. The lowest BCUT2D eigenvalue weighted by Gasteiger charge is -2.10. The third kappa shape index (κ3) is 4.94. The number of benzene rings is 1. The third-order valence-electron chi connectivity index (χ3n) is 2.90. The Morgan fingerprint density at radius 2 is 1.80 bits per heavy atom. The number of anilines is 1. The van der Waals surface area contributed by atoms with Crippen LogP contribution in [0, 0.1) is 10.1 Å². The number of nitrogens with zero attached hydrogens (tertiary/aromatic N) is 2. The van der Waals surface area contributed by atoms with Crippen molar-refractivity contribution < 1.29 is 22.9 Å². The normalized spacial score (nSPS) is 10.8. The fourth-order valence-corrected chi connectivity index (χ4v) is 1.89. The van der Waals surface area contributed by atoms with Crippen molar-refractivity contribution in [1.82, 2.24) is 10.3 Å². The summed E-state index contributed by atoms with van der Waals surface area (Å²) in [6, 6.07) is 6.67. The number of hydrogen-bond donors (Lipinski definition) is 2. The van der Waals surface area contributed by atoms with E-state index in [9.17, 15) is 28.1 Å². The van der Waals surface area contributed by atoms with Crippen LogP contribution >= 0.6 is 12.2 Å². The van der Waals surface area contributed by atoms with Gasteiger partial charge in [-0.3, -0.25) is 20.2 Å². The molecule has 1 heterocycles. The van der Waals surface area contributed by atoms with Crippen LogP contribution in [0.5, 0.6) is 0 Å². The molecule has 0 unspecified atom stereocenters. The van der Waals surface area contributed by atoms with Crippen LogP contribution in [0.15, 0.2) is 42.6 Å². The first kappa shape index (κ1) is 18.3. The molecule has 1 aromatic carbocycles. The molecule has 11 heteroatoms. The number of carbonyl (C=O) groups is 1. The number of aromatic nitrogens is 1. The summed E-state index contributed by atoms with van der Waals surface area (Å²) in [6.45, 7) is 0. The predicted molar refractivity (Wildman–Crippen MR) is 86.0 cm³/mol. The molecule has 0 fully saturated rings. The van der Waals surface area contributed by atoms with Gasteiger partial charge in [-0.1, -0.05) is 0 Å². The minimum Gasteiger partial charge on any atom is -0.317 e. The second-order valence-electron chi connectivity index (χ2n) is 4.64. The van der Waals surface area contributed by atoms with E-state index in [-0.39, 0.29) is 22.2 Å². The number of amides is 1. The maximum absolute atomic E-state index is 12.4. The van der Waals surface area contributed by atoms with Gasteiger partial charge in [-0.15, -0.1) is 0 Å². The van der Waals surface area contributed by atoms with Crippen LogP contribution < -0.4 is 10.6 Å². The lowest BCUT2D eigenvalue weighted by atomic mass is 10.2. The lowest BCUT2D eigenvalue weighted by Crippen LogP contribution is -2.34. The zero-order valence-electron chi connectivity index (χ0n) is 12.2. The molecule has 0 saturated carbocycles. The molecule has 7 nitrogen and oxygen atoms in total. The van der Waals surface area contributed by atoms with E-state index in [1.54, 1.807) is 0 Å². The molecule has 25 heavy (non-hydrogen) atoms. The quantitative estimate of drug-likeness (QED) is 0.489. The number of alkyl halides is 3. The molecule has 0 spiro atoms. The van der Waals surface area contributed by atoms with Gasteiger partial charge in [-0.25, -0.2) is 4.98 Å². The van der Waals surface area contributed by atoms with E-state index < -0.39 is 22.6 Å². The van der Waals surface area contributed by atoms with E-state index in [0.717, 1.165) is 24.3 Å². The Bertz CT molecular complexity index is 808. The van der Waals surface area contributed by atoms with Crippen LogP contribution in [0.2, 0.25) is 0 Å². The van der Waals surface area contributed by atoms with Crippen LogP contribution in [-0.2, 0) is 6.18 Å². The monoisotopic (exact) mass is 370 g/mol. The zero-order chi connectivity index (χ0) is 18.6. The SMILES string of the molecule is O=C(NC(=S)Nc1ccc(C(F)(F)F)cn1)c1ccc([N+](=O)[O-])cc1. The number of hydrogen-bond acceptors (Lipinski definition) is 5. The van der Waals surface area contributed by atoms with Gasteiger partial charge in [0.2, 0.25) is 0 Å². The largest absolute Gasteiger partial charge is 0.417 e. The topological polar surface area (TPSA) is 97.2 Å². The number of carbonyl (C=O) groups excluding carboxylic acids is 1. The maximum Gasteiger partial charge on any atom is 0.417 e. The Labute approximate surface area is 144 Å². The summed E-state index contributed by atoms with van der Waals surface area (Å²) in [6.07, 6.45) is -3.88. The van der Waals surface area contributed by atoms with Gasteiger partial charge in [-0.2, -0.15) is 13.2 Å². The molecule has 2 aromatic rings. The van der Waals surface area contributed by atoms with E-state index >= 15 is 0 Å². The summed E-state index contributed by atoms with van der Waals surface area (Å²) in [5.41, 5.74) is -0.972. The highest BCUT2D eigenvalue weighted by molar-refractivity contribution is 7.80. The summed E-state index contributed by atoms with van der Waals surface area (Å²) in [7, 11) is 0. The average molecular weight is 370 g/mol. The van der Waals surface area contributed by atoms with Gasteiger partial charge in [0, 0.05) is 23.9 Å². The minimum absolute atomic E-state index is 0.0157. The van der Waals surface area contributed by atoms with Gasteiger partial charge in [0.15, 0.2) is 5.11 Å². The minimum atomic E-state index is -4.50. The van der Waals surface area contributed by atoms with Crippen LogP contribution in [0.4, 0.5) is 24.7 Å². The molecular weight excluding hydrogens is 361 g/mol. The van der Waals surface area contributed by atoms with Crippen molar-refractivity contribution in [1.29, 1.82) is 0 Å². The van der Waals surface area contributed by atoms with Crippen LogP contribution in [0.1, 0.15) is 15.9 Å². The van der Waals surface area contributed by atoms with Crippen LogP contribution in [0.25, 0.3) is 0 Å². The molecule has 0 aliphatic rings. The Morgan fingerprint density at radius 3 is 2.28 bits per heavy atom. The van der Waals surface area contributed by atoms with Gasteiger partial charge in [0.05, 0.1) is 10.5 Å². The molecule has 0 aliphatic heterocycles. The molecule has 2 rings (SSSR count). The first-order chi connectivity index (χ1) is 11.7. The standard InChI is InChI=1S/C14H9F3N4O3S/c15-14(16,17)9-3-6-11(18-7-9)19-13(25)20-12(22)8-1-4-10(5-2-8)21(23)24/h1-7H,(H2,18,19,20,22,25). The van der Waals surface area contributed by atoms with E-state index in [0.29, 0.717) is 6.20 Å². The van der Waals surface area contributed by atoms with Crippen molar-refractivity contribution in [3.63, 3.8) is 0 Å². The molecule has 0 bridgehead atoms. The van der Waals surface area contributed by atoms with E-state index in [1.165, 1.54) is 12.1 Å². The van der Waals surface area contributed by atoms with Crippen molar-refractivity contribution in [3.8, 4) is 0 Å². The van der Waals surface area contributed by atoms with Crippen molar-refractivity contribution in [2.45, 2.75) is 6.18 Å². The van der Waals surface area contributed by atoms with Crippen molar-refractivity contribution >= 4 is 34.7 Å². The van der Waals surface area contributed by atoms with Gasteiger partial charge in [0.25, 0.3) is 11.6 Å². The number of nitro groups is 1. The zero-order valence-corrected chi connectivity index (χ0v) is 13.0. The van der Waals surface area contributed by atoms with Crippen LogP contribution in [-0.4, -0.2) is 20.9 Å². The maximum atomic E-state index is 12.4. The Hall–Kier alpha value is -3.08. The first-order valence-electron chi connectivity index (χ1n) is 6.57. The molecule has 0 saturated heterocycles. The lowest BCUT2D eigenvalue weighted by molar-refractivity contribution is -0.384. The van der Waals surface area contributed by atoms with Gasteiger partial charge in [0.1, 0.15) is 5.82 Å². The average Bonchev–Trinajstić information content (AvgIpc) is 2.54. The summed E-state index contributed by atoms with van der Waals surface area (Å²) in [4.78, 5) is 25.4. The highest BCUT2D eigenvalue weighted by Gasteiger charge is 2.30. The van der Waals surface area contributed by atoms with Gasteiger partial charge < -0.3 is 5.32 Å². The number of non-ortho nitro benzene ring substituents is 1. The fraction of sp³-hybridized carbons (Fsp3) is 0.0714. The second kappa shape index (κ2) is 7.21. The molecule has 0 aliphatic carbocycles. The number of pyridine rings is 1. The number of nitrogens with one attached hydrogen (secondary N) is 2. The van der Waals surface area contributed by atoms with Crippen molar-refractivity contribution in [2.75, 3.05) is 5.32 Å². The fourth-order valence-electron chi connectivity index (χ4n) is 1.69. The summed E-state index contributed by atoms with van der Waals surface area (Å²) in [5, 5.41) is 15.1.